The van der Waals surface area contributed by atoms with E-state index in [1.807, 2.05) is 19.1 Å². The zero-order chi connectivity index (χ0) is 16.3. The van der Waals surface area contributed by atoms with Crippen LogP contribution in [0.25, 0.3) is 0 Å². The molecule has 1 heterocycles. The predicted octanol–water partition coefficient (Wildman–Crippen LogP) is 2.91. The molecule has 0 radical (unpaired) electrons. The highest BCUT2D eigenvalue weighted by atomic mass is 32.1. The zero-order valence-corrected chi connectivity index (χ0v) is 12.5. The number of carbonyl (C=O) groups is 1. The normalized spacial score (nSPS) is 11.3. The predicted molar refractivity (Wildman–Crippen MR) is 75.0 cm³/mol. The Morgan fingerprint density at radius 2 is 2.09 bits per heavy atom. The molecule has 22 heavy (non-hydrogen) atoms. The van der Waals surface area contributed by atoms with Gasteiger partial charge in [0.1, 0.15) is 0 Å². The number of amides is 1. The van der Waals surface area contributed by atoms with Crippen LogP contribution in [0.2, 0.25) is 0 Å². The Morgan fingerprint density at radius 3 is 2.68 bits per heavy atom. The Bertz CT molecular complexity index is 673. The molecule has 2 rings (SSSR count). The van der Waals surface area contributed by atoms with Gasteiger partial charge in [-0.05, 0) is 24.6 Å². The summed E-state index contributed by atoms with van der Waals surface area (Å²) in [7, 11) is 1.56. The summed E-state index contributed by atoms with van der Waals surface area (Å²) in [4.78, 5) is 13.3. The third-order valence-electron chi connectivity index (χ3n) is 2.73. The molecule has 0 fully saturated rings. The summed E-state index contributed by atoms with van der Waals surface area (Å²) in [5.41, 5.74) is 1.65. The van der Waals surface area contributed by atoms with Crippen LogP contribution in [0.3, 0.4) is 0 Å². The van der Waals surface area contributed by atoms with Crippen molar-refractivity contribution in [1.29, 1.82) is 0 Å². The van der Waals surface area contributed by atoms with Crippen molar-refractivity contribution in [3.05, 3.63) is 34.8 Å². The molecular weight excluding hydrogens is 319 g/mol. The number of likely N-dealkylation sites (N-methyl/N-ethyl adjacent to an activating group) is 1. The van der Waals surface area contributed by atoms with Crippen molar-refractivity contribution >= 4 is 22.9 Å². The summed E-state index contributed by atoms with van der Waals surface area (Å²) in [6.45, 7) is 1.47. The highest BCUT2D eigenvalue weighted by Crippen LogP contribution is 2.33. The standard InChI is InChI=1S/C13H12F3N3O2S/c1-8-4-3-5-9(6-8)19(2)10(20)7-21-12-18-17-11(22-12)13(14,15)16/h3-6H,7H2,1-2H3. The topological polar surface area (TPSA) is 55.3 Å². The van der Waals surface area contributed by atoms with Gasteiger partial charge in [0.2, 0.25) is 5.01 Å². The van der Waals surface area contributed by atoms with Gasteiger partial charge >= 0.3 is 6.18 Å². The number of halogens is 3. The maximum atomic E-state index is 12.4. The first kappa shape index (κ1) is 16.2. The van der Waals surface area contributed by atoms with E-state index >= 15 is 0 Å². The number of nitrogens with zero attached hydrogens (tertiary/aromatic N) is 3. The van der Waals surface area contributed by atoms with Crippen LogP contribution in [-0.2, 0) is 11.0 Å². The van der Waals surface area contributed by atoms with Crippen LogP contribution >= 0.6 is 11.3 Å². The number of aromatic nitrogens is 2. The second kappa shape index (κ2) is 6.30. The second-order valence-corrected chi connectivity index (χ2v) is 5.39. The lowest BCUT2D eigenvalue weighted by molar-refractivity contribution is -0.138. The molecule has 0 bridgehead atoms. The molecule has 0 aliphatic heterocycles. The van der Waals surface area contributed by atoms with E-state index in [9.17, 15) is 18.0 Å². The van der Waals surface area contributed by atoms with Crippen LogP contribution < -0.4 is 9.64 Å². The molecule has 0 unspecified atom stereocenters. The van der Waals surface area contributed by atoms with Gasteiger partial charge < -0.3 is 9.64 Å². The number of ether oxygens (including phenoxy) is 1. The summed E-state index contributed by atoms with van der Waals surface area (Å²) in [5, 5.41) is 4.83. The van der Waals surface area contributed by atoms with E-state index in [0.717, 1.165) is 5.56 Å². The van der Waals surface area contributed by atoms with Gasteiger partial charge in [0.15, 0.2) is 6.61 Å². The van der Waals surface area contributed by atoms with Crippen LogP contribution in [0, 0.1) is 6.92 Å². The van der Waals surface area contributed by atoms with E-state index in [0.29, 0.717) is 5.69 Å². The van der Waals surface area contributed by atoms with Crippen molar-refractivity contribution in [3.8, 4) is 5.19 Å². The molecule has 0 spiro atoms. The van der Waals surface area contributed by atoms with Gasteiger partial charge in [0.05, 0.1) is 0 Å². The zero-order valence-electron chi connectivity index (χ0n) is 11.7. The fourth-order valence-corrected chi connectivity index (χ4v) is 2.15. The summed E-state index contributed by atoms with van der Waals surface area (Å²) >= 11 is 0.252. The Hall–Kier alpha value is -2.16. The average molecular weight is 331 g/mol. The Morgan fingerprint density at radius 1 is 1.36 bits per heavy atom. The van der Waals surface area contributed by atoms with Crippen LogP contribution in [0.1, 0.15) is 10.6 Å². The van der Waals surface area contributed by atoms with Gasteiger partial charge in [-0.25, -0.2) is 0 Å². The van der Waals surface area contributed by atoms with E-state index in [4.69, 9.17) is 4.74 Å². The number of alkyl halides is 3. The van der Waals surface area contributed by atoms with Crippen LogP contribution in [-0.4, -0.2) is 29.8 Å². The van der Waals surface area contributed by atoms with Crippen LogP contribution in [0.4, 0.5) is 18.9 Å². The quantitative estimate of drug-likeness (QED) is 0.864. The lowest BCUT2D eigenvalue weighted by atomic mass is 10.2. The fraction of sp³-hybridized carbons (Fsp3) is 0.308. The Balaban J connectivity index is 1.96. The Labute approximate surface area is 128 Å². The molecule has 2 aromatic rings. The summed E-state index contributed by atoms with van der Waals surface area (Å²) in [6.07, 6.45) is -4.57. The molecular formula is C13H12F3N3O2S. The first-order valence-corrected chi connectivity index (χ1v) is 6.96. The van der Waals surface area contributed by atoms with Crippen molar-refractivity contribution < 1.29 is 22.7 Å². The minimum atomic E-state index is -4.57. The number of benzene rings is 1. The number of aryl methyl sites for hydroxylation is 1. The summed E-state index contributed by atoms with van der Waals surface area (Å²) in [5.74, 6) is -0.408. The molecule has 0 aliphatic rings. The fourth-order valence-electron chi connectivity index (χ4n) is 1.58. The maximum absolute atomic E-state index is 12.4. The third kappa shape index (κ3) is 3.94. The van der Waals surface area contributed by atoms with Crippen molar-refractivity contribution in [2.75, 3.05) is 18.6 Å². The molecule has 0 saturated carbocycles. The Kier molecular flexibility index (Phi) is 4.65. The third-order valence-corrected chi connectivity index (χ3v) is 3.61. The summed E-state index contributed by atoms with van der Waals surface area (Å²) < 4.78 is 42.1. The molecule has 1 aromatic heterocycles. The number of hydrogen-bond donors (Lipinski definition) is 0. The van der Waals surface area contributed by atoms with Gasteiger partial charge in [0, 0.05) is 12.7 Å². The van der Waals surface area contributed by atoms with Crippen molar-refractivity contribution in [2.45, 2.75) is 13.1 Å². The largest absolute Gasteiger partial charge is 0.459 e. The average Bonchev–Trinajstić information content (AvgIpc) is 2.93. The molecule has 9 heteroatoms. The molecule has 0 aliphatic carbocycles. The molecule has 0 saturated heterocycles. The van der Waals surface area contributed by atoms with Gasteiger partial charge in [0.25, 0.3) is 11.1 Å². The number of carbonyl (C=O) groups excluding carboxylic acids is 1. The molecule has 1 aromatic carbocycles. The van der Waals surface area contributed by atoms with Gasteiger partial charge in [-0.2, -0.15) is 13.2 Å². The van der Waals surface area contributed by atoms with E-state index in [1.54, 1.807) is 19.2 Å². The maximum Gasteiger partial charge on any atom is 0.445 e. The lowest BCUT2D eigenvalue weighted by Crippen LogP contribution is -2.31. The smallest absolute Gasteiger partial charge is 0.445 e. The van der Waals surface area contributed by atoms with Gasteiger partial charge in [-0.1, -0.05) is 28.6 Å². The minimum Gasteiger partial charge on any atom is -0.459 e. The first-order chi connectivity index (χ1) is 10.3. The molecule has 0 N–H and O–H groups in total. The van der Waals surface area contributed by atoms with Crippen molar-refractivity contribution in [3.63, 3.8) is 0 Å². The van der Waals surface area contributed by atoms with Crippen molar-refractivity contribution in [1.82, 2.24) is 10.2 Å². The van der Waals surface area contributed by atoms with E-state index in [1.165, 1.54) is 4.90 Å². The van der Waals surface area contributed by atoms with Gasteiger partial charge in [-0.3, -0.25) is 4.79 Å². The lowest BCUT2D eigenvalue weighted by Gasteiger charge is -2.17. The monoisotopic (exact) mass is 331 g/mol. The molecule has 118 valence electrons. The van der Waals surface area contributed by atoms with Gasteiger partial charge in [-0.15, -0.1) is 5.10 Å². The van der Waals surface area contributed by atoms with E-state index < -0.39 is 23.7 Å². The van der Waals surface area contributed by atoms with E-state index in [2.05, 4.69) is 10.2 Å². The van der Waals surface area contributed by atoms with Crippen molar-refractivity contribution in [2.24, 2.45) is 0 Å². The molecule has 0 atom stereocenters. The first-order valence-electron chi connectivity index (χ1n) is 6.14. The highest BCUT2D eigenvalue weighted by Gasteiger charge is 2.36. The molecule has 5 nitrogen and oxygen atoms in total. The van der Waals surface area contributed by atoms with Crippen LogP contribution in [0.5, 0.6) is 5.19 Å². The summed E-state index contributed by atoms with van der Waals surface area (Å²) in [6, 6.07) is 7.25. The number of hydrogen-bond acceptors (Lipinski definition) is 5. The number of anilines is 1. The highest BCUT2D eigenvalue weighted by molar-refractivity contribution is 7.13. The van der Waals surface area contributed by atoms with Crippen LogP contribution in [0.15, 0.2) is 24.3 Å². The molecule has 1 amide bonds. The SMILES string of the molecule is Cc1cccc(N(C)C(=O)COc2nnc(C(F)(F)F)s2)c1. The second-order valence-electron chi connectivity index (χ2n) is 4.45. The number of rotatable bonds is 4. The van der Waals surface area contributed by atoms with E-state index in [-0.39, 0.29) is 16.5 Å². The minimum absolute atomic E-state index is 0.252.